The minimum Gasteiger partial charge on any atom is -0.270 e. The van der Waals surface area contributed by atoms with Gasteiger partial charge < -0.3 is 0 Å². The molecule has 1 aromatic heterocycles. The average molecular weight is 391 g/mol. The van der Waals surface area contributed by atoms with Crippen LogP contribution in [0.5, 0.6) is 0 Å². The van der Waals surface area contributed by atoms with Crippen molar-refractivity contribution in [2.24, 2.45) is 35.5 Å². The summed E-state index contributed by atoms with van der Waals surface area (Å²) in [6.45, 7) is 27.6. The Bertz CT molecular complexity index is 521. The summed E-state index contributed by atoms with van der Waals surface area (Å²) in [5.41, 5.74) is 2.66. The molecule has 1 aliphatic rings. The molecule has 0 aliphatic heterocycles. The van der Waals surface area contributed by atoms with Crippen LogP contribution >= 0.6 is 0 Å². The fourth-order valence-corrected chi connectivity index (χ4v) is 4.80. The van der Waals surface area contributed by atoms with Crippen LogP contribution in [0.25, 0.3) is 0 Å². The number of hydrogen-bond acceptors (Lipinski definition) is 1. The van der Waals surface area contributed by atoms with E-state index >= 15 is 0 Å². The summed E-state index contributed by atoms with van der Waals surface area (Å²) in [6.07, 6.45) is 5.17. The van der Waals surface area contributed by atoms with Crippen molar-refractivity contribution in [3.8, 4) is 0 Å². The van der Waals surface area contributed by atoms with Crippen LogP contribution in [0, 0.1) is 35.5 Å². The van der Waals surface area contributed by atoms with E-state index in [-0.39, 0.29) is 0 Å². The van der Waals surface area contributed by atoms with Crippen molar-refractivity contribution in [1.82, 2.24) is 9.78 Å². The van der Waals surface area contributed by atoms with Gasteiger partial charge in [-0.1, -0.05) is 69.2 Å². The molecule has 2 nitrogen and oxygen atoms in total. The third-order valence-electron chi connectivity index (χ3n) is 6.84. The lowest BCUT2D eigenvalue weighted by atomic mass is 9.80. The van der Waals surface area contributed by atoms with Crippen molar-refractivity contribution >= 4 is 0 Å². The maximum Gasteiger partial charge on any atom is 0.0684 e. The van der Waals surface area contributed by atoms with Gasteiger partial charge in [0.1, 0.15) is 0 Å². The van der Waals surface area contributed by atoms with E-state index < -0.39 is 0 Å². The summed E-state index contributed by atoms with van der Waals surface area (Å²) in [5.74, 6) is 6.71. The average Bonchev–Trinajstić information content (AvgIpc) is 3.20. The predicted octanol–water partition coefficient (Wildman–Crippen LogP) is 8.31. The summed E-state index contributed by atoms with van der Waals surface area (Å²) in [5, 5.41) is 4.65. The smallest absolute Gasteiger partial charge is 0.0684 e. The van der Waals surface area contributed by atoms with Gasteiger partial charge in [-0.3, -0.25) is 4.68 Å². The first kappa shape index (κ1) is 25.2. The molecule has 2 unspecified atom stereocenters. The fraction of sp³-hybridized carbons (Fsp3) is 0.885. The predicted molar refractivity (Wildman–Crippen MR) is 125 cm³/mol. The van der Waals surface area contributed by atoms with E-state index in [1.165, 1.54) is 24.1 Å². The van der Waals surface area contributed by atoms with Gasteiger partial charge in [0.25, 0.3) is 0 Å². The zero-order chi connectivity index (χ0) is 21.8. The number of rotatable bonds is 6. The highest BCUT2D eigenvalue weighted by Crippen LogP contribution is 2.46. The largest absolute Gasteiger partial charge is 0.270 e. The topological polar surface area (TPSA) is 17.8 Å². The molecule has 2 atom stereocenters. The summed E-state index contributed by atoms with van der Waals surface area (Å²) >= 11 is 0. The van der Waals surface area contributed by atoms with E-state index in [1.807, 2.05) is 0 Å². The van der Waals surface area contributed by atoms with Crippen molar-refractivity contribution in [2.75, 3.05) is 0 Å². The van der Waals surface area contributed by atoms with Crippen LogP contribution in [0.2, 0.25) is 0 Å². The lowest BCUT2D eigenvalue weighted by Gasteiger charge is -2.26. The maximum atomic E-state index is 4.65. The fourth-order valence-electron chi connectivity index (χ4n) is 4.80. The van der Waals surface area contributed by atoms with E-state index in [1.54, 1.807) is 0 Å². The zero-order valence-electron chi connectivity index (χ0n) is 21.1. The van der Waals surface area contributed by atoms with Crippen LogP contribution in [-0.4, -0.2) is 9.78 Å². The van der Waals surface area contributed by atoms with Gasteiger partial charge in [-0.2, -0.15) is 5.10 Å². The molecule has 1 saturated carbocycles. The standard InChI is InChI=1S/C14H28.C12H22N2/c1-9(2)12-7-13(10(3)4)14(8-12)11(5)6;1-8(2)11-7-14(10(5)6)13-12(11)9(3)4/h9-14H,7-8H2,1-6H3;7-10H,1-6H3. The van der Waals surface area contributed by atoms with Crippen molar-refractivity contribution < 1.29 is 0 Å². The first-order chi connectivity index (χ1) is 12.9. The summed E-state index contributed by atoms with van der Waals surface area (Å²) < 4.78 is 2.07. The van der Waals surface area contributed by atoms with Crippen molar-refractivity contribution in [3.05, 3.63) is 17.5 Å². The maximum absolute atomic E-state index is 4.65. The van der Waals surface area contributed by atoms with Gasteiger partial charge in [-0.15, -0.1) is 0 Å². The van der Waals surface area contributed by atoms with Crippen LogP contribution in [0.15, 0.2) is 6.20 Å². The van der Waals surface area contributed by atoms with Gasteiger partial charge in [0, 0.05) is 12.2 Å². The molecule has 0 amide bonds. The Morgan fingerprint density at radius 3 is 1.43 bits per heavy atom. The highest BCUT2D eigenvalue weighted by Gasteiger charge is 2.38. The highest BCUT2D eigenvalue weighted by molar-refractivity contribution is 5.23. The van der Waals surface area contributed by atoms with Crippen LogP contribution in [0.3, 0.4) is 0 Å². The first-order valence-corrected chi connectivity index (χ1v) is 12.0. The molecule has 0 N–H and O–H groups in total. The summed E-state index contributed by atoms with van der Waals surface area (Å²) in [4.78, 5) is 0. The quantitative estimate of drug-likeness (QED) is 0.477. The summed E-state index contributed by atoms with van der Waals surface area (Å²) in [6, 6.07) is 0.458. The number of nitrogens with zero attached hydrogens (tertiary/aromatic N) is 2. The van der Waals surface area contributed by atoms with Crippen LogP contribution in [-0.2, 0) is 0 Å². The molecule has 2 rings (SSSR count). The number of hydrogen-bond donors (Lipinski definition) is 0. The summed E-state index contributed by atoms with van der Waals surface area (Å²) in [7, 11) is 0. The Morgan fingerprint density at radius 1 is 0.714 bits per heavy atom. The molecule has 0 saturated heterocycles. The van der Waals surface area contributed by atoms with Gasteiger partial charge in [-0.25, -0.2) is 0 Å². The molecule has 164 valence electrons. The van der Waals surface area contributed by atoms with E-state index in [0.29, 0.717) is 17.9 Å². The normalized spacial score (nSPS) is 22.9. The molecule has 0 spiro atoms. The van der Waals surface area contributed by atoms with Crippen LogP contribution in [0.4, 0.5) is 0 Å². The molecule has 28 heavy (non-hydrogen) atoms. The second-order valence-electron chi connectivity index (χ2n) is 11.1. The minimum atomic E-state index is 0.458. The Balaban J connectivity index is 0.000000280. The lowest BCUT2D eigenvalue weighted by molar-refractivity contribution is 0.235. The van der Waals surface area contributed by atoms with E-state index in [2.05, 4.69) is 99.1 Å². The molecule has 1 heterocycles. The molecular formula is C26H50N2. The van der Waals surface area contributed by atoms with E-state index in [4.69, 9.17) is 0 Å². The second-order valence-corrected chi connectivity index (χ2v) is 11.1. The Kier molecular flexibility index (Phi) is 9.77. The van der Waals surface area contributed by atoms with Gasteiger partial charge in [-0.05, 0) is 79.6 Å². The molecule has 0 aromatic carbocycles. The van der Waals surface area contributed by atoms with Crippen molar-refractivity contribution in [2.45, 2.75) is 114 Å². The lowest BCUT2D eigenvalue weighted by Crippen LogP contribution is -2.18. The minimum absolute atomic E-state index is 0.458. The van der Waals surface area contributed by atoms with Crippen LogP contribution in [0.1, 0.15) is 125 Å². The molecule has 1 aliphatic carbocycles. The zero-order valence-corrected chi connectivity index (χ0v) is 21.1. The molecule has 1 fully saturated rings. The highest BCUT2D eigenvalue weighted by atomic mass is 15.3. The second kappa shape index (κ2) is 10.8. The first-order valence-electron chi connectivity index (χ1n) is 12.0. The van der Waals surface area contributed by atoms with Gasteiger partial charge in [0.2, 0.25) is 0 Å². The molecule has 1 aromatic rings. The Morgan fingerprint density at radius 2 is 1.18 bits per heavy atom. The third-order valence-corrected chi connectivity index (χ3v) is 6.84. The molecule has 2 heteroatoms. The van der Waals surface area contributed by atoms with Crippen molar-refractivity contribution in [1.29, 1.82) is 0 Å². The van der Waals surface area contributed by atoms with Gasteiger partial charge in [0.15, 0.2) is 0 Å². The van der Waals surface area contributed by atoms with Gasteiger partial charge >= 0.3 is 0 Å². The number of aromatic nitrogens is 2. The molecule has 0 bridgehead atoms. The van der Waals surface area contributed by atoms with Crippen LogP contribution < -0.4 is 0 Å². The van der Waals surface area contributed by atoms with Gasteiger partial charge in [0.05, 0.1) is 5.69 Å². The monoisotopic (exact) mass is 390 g/mol. The van der Waals surface area contributed by atoms with E-state index in [9.17, 15) is 0 Å². The Labute approximate surface area is 176 Å². The van der Waals surface area contributed by atoms with E-state index in [0.717, 1.165) is 35.5 Å². The SMILES string of the molecule is CC(C)C1CC(C(C)C)C(C(C)C)C1.CC(C)c1cn(C(C)C)nc1C(C)C. The third kappa shape index (κ3) is 6.63. The van der Waals surface area contributed by atoms with Crippen molar-refractivity contribution in [3.63, 3.8) is 0 Å². The Hall–Kier alpha value is -0.790. The molecule has 0 radical (unpaired) electrons. The molecular weight excluding hydrogens is 340 g/mol.